The molecule has 0 saturated carbocycles. The monoisotopic (exact) mass is 275 g/mol. The average molecular weight is 275 g/mol. The molecular formula is C14H20F3NO. The Hall–Kier alpha value is -1.39. The Morgan fingerprint density at radius 1 is 1.21 bits per heavy atom. The van der Waals surface area contributed by atoms with Crippen LogP contribution in [-0.4, -0.2) is 18.8 Å². The van der Waals surface area contributed by atoms with E-state index in [0.29, 0.717) is 13.0 Å². The van der Waals surface area contributed by atoms with Gasteiger partial charge in [-0.15, -0.1) is 0 Å². The number of hydrogen-bond donors (Lipinski definition) is 1. The van der Waals surface area contributed by atoms with Crippen molar-refractivity contribution in [3.05, 3.63) is 24.3 Å². The van der Waals surface area contributed by atoms with Crippen LogP contribution >= 0.6 is 0 Å². The van der Waals surface area contributed by atoms with Crippen molar-refractivity contribution in [3.63, 3.8) is 0 Å². The molecule has 1 N–H and O–H groups in total. The van der Waals surface area contributed by atoms with Gasteiger partial charge < -0.3 is 10.1 Å². The Labute approximate surface area is 112 Å². The number of anilines is 1. The lowest BCUT2D eigenvalue weighted by Gasteiger charge is -2.16. The van der Waals surface area contributed by atoms with Crippen LogP contribution in [0.15, 0.2) is 24.3 Å². The normalized spacial score (nSPS) is 13.1. The van der Waals surface area contributed by atoms with Gasteiger partial charge in [0.2, 0.25) is 0 Å². The number of ether oxygens (including phenoxy) is 1. The van der Waals surface area contributed by atoms with Crippen LogP contribution in [-0.2, 0) is 0 Å². The van der Waals surface area contributed by atoms with Gasteiger partial charge in [-0.05, 0) is 51.0 Å². The second-order valence-electron chi connectivity index (χ2n) is 4.51. The molecule has 1 unspecified atom stereocenters. The lowest BCUT2D eigenvalue weighted by Crippen LogP contribution is -2.16. The Kier molecular flexibility index (Phi) is 5.99. The summed E-state index contributed by atoms with van der Waals surface area (Å²) in [5, 5.41) is 3.17. The van der Waals surface area contributed by atoms with Crippen LogP contribution in [0.2, 0.25) is 0 Å². The minimum atomic E-state index is -4.06. The second kappa shape index (κ2) is 7.26. The summed E-state index contributed by atoms with van der Waals surface area (Å²) in [6.45, 7) is 4.41. The van der Waals surface area contributed by atoms with Gasteiger partial charge in [-0.3, -0.25) is 0 Å². The smallest absolute Gasteiger partial charge is 0.389 e. The van der Waals surface area contributed by atoms with Crippen LogP contribution < -0.4 is 10.1 Å². The lowest BCUT2D eigenvalue weighted by atomic mass is 10.1. The first-order valence-electron chi connectivity index (χ1n) is 6.47. The van der Waals surface area contributed by atoms with Crippen molar-refractivity contribution in [1.29, 1.82) is 0 Å². The van der Waals surface area contributed by atoms with Crippen molar-refractivity contribution in [2.75, 3.05) is 11.9 Å². The third-order valence-corrected chi connectivity index (χ3v) is 2.68. The summed E-state index contributed by atoms with van der Waals surface area (Å²) < 4.78 is 41.4. The second-order valence-corrected chi connectivity index (χ2v) is 4.51. The van der Waals surface area contributed by atoms with Gasteiger partial charge in [0.1, 0.15) is 5.75 Å². The maximum Gasteiger partial charge on any atom is 0.389 e. The van der Waals surface area contributed by atoms with Gasteiger partial charge >= 0.3 is 6.18 Å². The van der Waals surface area contributed by atoms with Gasteiger partial charge in [-0.2, -0.15) is 13.2 Å². The molecule has 0 saturated heterocycles. The van der Waals surface area contributed by atoms with E-state index in [9.17, 15) is 13.2 Å². The van der Waals surface area contributed by atoms with Crippen molar-refractivity contribution in [1.82, 2.24) is 0 Å². The molecule has 0 aliphatic carbocycles. The van der Waals surface area contributed by atoms with Gasteiger partial charge in [0, 0.05) is 18.2 Å². The molecule has 0 spiro atoms. The minimum absolute atomic E-state index is 0.0142. The molecule has 0 bridgehead atoms. The molecule has 0 fully saturated rings. The van der Waals surface area contributed by atoms with Crippen molar-refractivity contribution in [2.45, 2.75) is 45.3 Å². The first-order valence-corrected chi connectivity index (χ1v) is 6.47. The summed E-state index contributed by atoms with van der Waals surface area (Å²) >= 11 is 0. The van der Waals surface area contributed by atoms with E-state index in [2.05, 4.69) is 5.32 Å². The molecule has 5 heteroatoms. The molecular weight excluding hydrogens is 255 g/mol. The first kappa shape index (κ1) is 15.7. The topological polar surface area (TPSA) is 21.3 Å². The molecule has 2 nitrogen and oxygen atoms in total. The van der Waals surface area contributed by atoms with Gasteiger partial charge in [-0.1, -0.05) is 0 Å². The van der Waals surface area contributed by atoms with Gasteiger partial charge in [0.05, 0.1) is 6.61 Å². The third-order valence-electron chi connectivity index (χ3n) is 2.68. The highest BCUT2D eigenvalue weighted by atomic mass is 19.4. The van der Waals surface area contributed by atoms with Crippen LogP contribution in [0.5, 0.6) is 5.75 Å². The van der Waals surface area contributed by atoms with E-state index in [4.69, 9.17) is 4.74 Å². The summed E-state index contributed by atoms with van der Waals surface area (Å²) in [6, 6.07) is 7.43. The van der Waals surface area contributed by atoms with Crippen molar-refractivity contribution in [3.8, 4) is 5.75 Å². The van der Waals surface area contributed by atoms with E-state index in [0.717, 1.165) is 11.4 Å². The summed E-state index contributed by atoms with van der Waals surface area (Å²) in [4.78, 5) is 0. The van der Waals surface area contributed by atoms with E-state index in [1.54, 1.807) is 0 Å². The molecule has 0 amide bonds. The van der Waals surface area contributed by atoms with E-state index >= 15 is 0 Å². The highest BCUT2D eigenvalue weighted by Gasteiger charge is 2.26. The zero-order valence-electron chi connectivity index (χ0n) is 11.3. The highest BCUT2D eigenvalue weighted by Crippen LogP contribution is 2.23. The largest absolute Gasteiger partial charge is 0.494 e. The number of halogens is 3. The summed E-state index contributed by atoms with van der Waals surface area (Å²) in [5.41, 5.74) is 0.892. The molecule has 0 heterocycles. The van der Waals surface area contributed by atoms with Gasteiger partial charge in [-0.25, -0.2) is 0 Å². The molecule has 1 atom stereocenters. The molecule has 0 aromatic heterocycles. The number of alkyl halides is 3. The molecule has 108 valence electrons. The number of hydrogen-bond acceptors (Lipinski definition) is 2. The maximum absolute atomic E-state index is 12.0. The van der Waals surface area contributed by atoms with E-state index in [1.807, 2.05) is 38.1 Å². The van der Waals surface area contributed by atoms with E-state index < -0.39 is 12.6 Å². The minimum Gasteiger partial charge on any atom is -0.494 e. The Morgan fingerprint density at radius 2 is 1.84 bits per heavy atom. The maximum atomic E-state index is 12.0. The lowest BCUT2D eigenvalue weighted by molar-refractivity contribution is -0.135. The SMILES string of the molecule is CCOc1ccc(NC(C)CCCC(F)(F)F)cc1. The van der Waals surface area contributed by atoms with Gasteiger partial charge in [0.15, 0.2) is 0 Å². The molecule has 1 rings (SSSR count). The van der Waals surface area contributed by atoms with Crippen molar-refractivity contribution >= 4 is 5.69 Å². The van der Waals surface area contributed by atoms with E-state index in [-0.39, 0.29) is 12.5 Å². The van der Waals surface area contributed by atoms with Crippen molar-refractivity contribution in [2.24, 2.45) is 0 Å². The molecule has 1 aromatic rings. The van der Waals surface area contributed by atoms with Crippen molar-refractivity contribution < 1.29 is 17.9 Å². The van der Waals surface area contributed by atoms with Gasteiger partial charge in [0.25, 0.3) is 0 Å². The van der Waals surface area contributed by atoms with Crippen LogP contribution in [0.3, 0.4) is 0 Å². The molecule has 0 aliphatic heterocycles. The number of rotatable bonds is 7. The van der Waals surface area contributed by atoms with E-state index in [1.165, 1.54) is 0 Å². The molecule has 1 aromatic carbocycles. The summed E-state index contributed by atoms with van der Waals surface area (Å²) in [7, 11) is 0. The van der Waals surface area contributed by atoms with Crippen LogP contribution in [0.25, 0.3) is 0 Å². The fraction of sp³-hybridized carbons (Fsp3) is 0.571. The summed E-state index contributed by atoms with van der Waals surface area (Å²) in [6.07, 6.45) is -4.14. The molecule has 0 aliphatic rings. The van der Waals surface area contributed by atoms with Crippen LogP contribution in [0, 0.1) is 0 Å². The Balaban J connectivity index is 2.33. The fourth-order valence-electron chi connectivity index (χ4n) is 1.78. The first-order chi connectivity index (χ1) is 8.90. The average Bonchev–Trinajstić information content (AvgIpc) is 2.30. The predicted octanol–water partition coefficient (Wildman–Crippen LogP) is 4.62. The fourth-order valence-corrected chi connectivity index (χ4v) is 1.78. The van der Waals surface area contributed by atoms with Crippen LogP contribution in [0.1, 0.15) is 33.1 Å². The Bertz CT molecular complexity index is 362. The highest BCUT2D eigenvalue weighted by molar-refractivity contribution is 5.46. The molecule has 0 radical (unpaired) electrons. The zero-order chi connectivity index (χ0) is 14.3. The summed E-state index contributed by atoms with van der Waals surface area (Å²) in [5.74, 6) is 0.790. The molecule has 19 heavy (non-hydrogen) atoms. The third kappa shape index (κ3) is 6.94. The quantitative estimate of drug-likeness (QED) is 0.784. The number of nitrogens with one attached hydrogen (secondary N) is 1. The standard InChI is InChI=1S/C14H20F3NO/c1-3-19-13-8-6-12(7-9-13)18-11(2)5-4-10-14(15,16)17/h6-9,11,18H,3-5,10H2,1-2H3. The Morgan fingerprint density at radius 3 is 2.37 bits per heavy atom. The number of benzene rings is 1. The zero-order valence-corrected chi connectivity index (χ0v) is 11.3. The van der Waals surface area contributed by atoms with Crippen LogP contribution in [0.4, 0.5) is 18.9 Å². The predicted molar refractivity (Wildman–Crippen MR) is 70.6 cm³/mol.